The maximum absolute atomic E-state index is 12.6. The van der Waals surface area contributed by atoms with Gasteiger partial charge in [0.2, 0.25) is 0 Å². The lowest BCUT2D eigenvalue weighted by Crippen LogP contribution is -2.32. The summed E-state index contributed by atoms with van der Waals surface area (Å²) in [4.78, 5) is 14.9. The molecule has 0 aromatic heterocycles. The Hall–Kier alpha value is -2.20. The first-order valence-electron chi connectivity index (χ1n) is 9.15. The summed E-state index contributed by atoms with van der Waals surface area (Å²) >= 11 is 6.04. The summed E-state index contributed by atoms with van der Waals surface area (Å²) in [6.07, 6.45) is 2.53. The zero-order valence-corrected chi connectivity index (χ0v) is 16.1. The summed E-state index contributed by atoms with van der Waals surface area (Å²) in [5, 5.41) is 3.64. The van der Waals surface area contributed by atoms with Gasteiger partial charge in [0, 0.05) is 29.5 Å². The van der Waals surface area contributed by atoms with E-state index in [0.29, 0.717) is 17.2 Å². The van der Waals surface area contributed by atoms with Gasteiger partial charge in [-0.15, -0.1) is 0 Å². The highest BCUT2D eigenvalue weighted by molar-refractivity contribution is 6.31. The topological polar surface area (TPSA) is 41.6 Å². The first-order valence-corrected chi connectivity index (χ1v) is 9.53. The molecule has 1 unspecified atom stereocenters. The van der Waals surface area contributed by atoms with E-state index >= 15 is 0 Å². The number of nitrogens with zero attached hydrogens (tertiary/aromatic N) is 1. The summed E-state index contributed by atoms with van der Waals surface area (Å²) in [6, 6.07) is 13.4. The molecule has 5 heteroatoms. The summed E-state index contributed by atoms with van der Waals surface area (Å²) in [7, 11) is 0. The van der Waals surface area contributed by atoms with Crippen molar-refractivity contribution >= 4 is 28.9 Å². The van der Waals surface area contributed by atoms with Crippen LogP contribution in [0.3, 0.4) is 0 Å². The fourth-order valence-corrected chi connectivity index (χ4v) is 3.25. The van der Waals surface area contributed by atoms with E-state index in [4.69, 9.17) is 16.3 Å². The van der Waals surface area contributed by atoms with Crippen LogP contribution in [0.5, 0.6) is 5.75 Å². The lowest BCUT2D eigenvalue weighted by atomic mass is 10.2. The van der Waals surface area contributed by atoms with Gasteiger partial charge in [-0.2, -0.15) is 0 Å². The number of nitrogens with one attached hydrogen (secondary N) is 1. The molecule has 2 aromatic carbocycles. The molecule has 0 radical (unpaired) electrons. The van der Waals surface area contributed by atoms with E-state index in [9.17, 15) is 4.79 Å². The molecule has 0 saturated carbocycles. The molecule has 1 heterocycles. The normalized spacial score (nSPS) is 15.0. The monoisotopic (exact) mass is 372 g/mol. The molecule has 1 saturated heterocycles. The second-order valence-corrected chi connectivity index (χ2v) is 7.06. The van der Waals surface area contributed by atoms with Crippen LogP contribution in [-0.4, -0.2) is 25.1 Å². The van der Waals surface area contributed by atoms with E-state index in [0.717, 1.165) is 24.3 Å². The summed E-state index contributed by atoms with van der Waals surface area (Å²) in [5.41, 5.74) is 2.92. The van der Waals surface area contributed by atoms with E-state index in [-0.39, 0.29) is 5.91 Å². The largest absolute Gasteiger partial charge is 0.481 e. The highest BCUT2D eigenvalue weighted by Gasteiger charge is 2.19. The Morgan fingerprint density at radius 2 is 1.88 bits per heavy atom. The molecule has 0 aliphatic carbocycles. The van der Waals surface area contributed by atoms with Crippen molar-refractivity contribution in [2.75, 3.05) is 23.3 Å². The second-order valence-electron chi connectivity index (χ2n) is 6.66. The Kier molecular flexibility index (Phi) is 6.04. The van der Waals surface area contributed by atoms with Crippen LogP contribution >= 0.6 is 11.6 Å². The number of carbonyl (C=O) groups is 1. The number of halogens is 1. The molecule has 3 rings (SSSR count). The molecule has 0 bridgehead atoms. The molecule has 1 fully saturated rings. The lowest BCUT2D eigenvalue weighted by molar-refractivity contribution is -0.122. The first-order chi connectivity index (χ1) is 12.6. The number of carbonyl (C=O) groups excluding carboxylic acids is 1. The fourth-order valence-electron chi connectivity index (χ4n) is 3.13. The Morgan fingerprint density at radius 1 is 1.19 bits per heavy atom. The van der Waals surface area contributed by atoms with Crippen molar-refractivity contribution in [3.8, 4) is 5.75 Å². The van der Waals surface area contributed by atoms with Gasteiger partial charge in [0.15, 0.2) is 6.10 Å². The number of rotatable bonds is 6. The summed E-state index contributed by atoms with van der Waals surface area (Å²) in [6.45, 7) is 6.07. The van der Waals surface area contributed by atoms with Gasteiger partial charge in [0.1, 0.15) is 5.75 Å². The quantitative estimate of drug-likeness (QED) is 0.771. The molecule has 1 N–H and O–H groups in total. The van der Waals surface area contributed by atoms with Crippen LogP contribution in [0.25, 0.3) is 0 Å². The third-order valence-electron chi connectivity index (χ3n) is 4.68. The maximum atomic E-state index is 12.6. The summed E-state index contributed by atoms with van der Waals surface area (Å²) < 4.78 is 5.86. The van der Waals surface area contributed by atoms with Crippen molar-refractivity contribution in [1.82, 2.24) is 0 Å². The van der Waals surface area contributed by atoms with E-state index < -0.39 is 6.10 Å². The highest BCUT2D eigenvalue weighted by atomic mass is 35.5. The van der Waals surface area contributed by atoms with Crippen molar-refractivity contribution in [2.24, 2.45) is 0 Å². The second kappa shape index (κ2) is 8.45. The molecule has 2 aromatic rings. The Balaban J connectivity index is 1.62. The zero-order valence-electron chi connectivity index (χ0n) is 15.3. The number of hydrogen-bond acceptors (Lipinski definition) is 3. The van der Waals surface area contributed by atoms with E-state index in [1.165, 1.54) is 18.5 Å². The Morgan fingerprint density at radius 3 is 2.50 bits per heavy atom. The van der Waals surface area contributed by atoms with Crippen LogP contribution in [0.15, 0.2) is 42.5 Å². The first kappa shape index (κ1) is 18.6. The maximum Gasteiger partial charge on any atom is 0.265 e. The summed E-state index contributed by atoms with van der Waals surface area (Å²) in [5.74, 6) is 0.507. The van der Waals surface area contributed by atoms with Gasteiger partial charge in [-0.05, 0) is 74.2 Å². The van der Waals surface area contributed by atoms with E-state index in [1.807, 2.05) is 32.0 Å². The molecule has 4 nitrogen and oxygen atoms in total. The number of hydrogen-bond donors (Lipinski definition) is 1. The average Bonchev–Trinajstić information content (AvgIpc) is 3.18. The number of aryl methyl sites for hydroxylation is 1. The molecule has 1 aliphatic heterocycles. The number of ether oxygens (including phenoxy) is 1. The van der Waals surface area contributed by atoms with Crippen molar-refractivity contribution in [1.29, 1.82) is 0 Å². The van der Waals surface area contributed by atoms with Crippen LogP contribution in [0.4, 0.5) is 11.4 Å². The minimum Gasteiger partial charge on any atom is -0.481 e. The van der Waals surface area contributed by atoms with Gasteiger partial charge < -0.3 is 15.0 Å². The zero-order chi connectivity index (χ0) is 18.5. The molecule has 1 atom stereocenters. The average molecular weight is 373 g/mol. The van der Waals surface area contributed by atoms with Crippen LogP contribution in [-0.2, 0) is 4.79 Å². The lowest BCUT2D eigenvalue weighted by Gasteiger charge is -2.19. The van der Waals surface area contributed by atoms with Crippen molar-refractivity contribution in [3.05, 3.63) is 53.1 Å². The van der Waals surface area contributed by atoms with Gasteiger partial charge in [-0.1, -0.05) is 18.5 Å². The van der Waals surface area contributed by atoms with E-state index in [1.54, 1.807) is 12.1 Å². The van der Waals surface area contributed by atoms with Gasteiger partial charge in [-0.25, -0.2) is 0 Å². The minimum atomic E-state index is -0.547. The molecular weight excluding hydrogens is 348 g/mol. The van der Waals surface area contributed by atoms with Crippen LogP contribution in [0.2, 0.25) is 5.02 Å². The number of amides is 1. The third-order valence-corrected chi connectivity index (χ3v) is 5.10. The molecule has 26 heavy (non-hydrogen) atoms. The number of anilines is 2. The van der Waals surface area contributed by atoms with Crippen molar-refractivity contribution in [2.45, 2.75) is 39.2 Å². The van der Waals surface area contributed by atoms with Crippen molar-refractivity contribution < 1.29 is 9.53 Å². The molecule has 0 spiro atoms. The fraction of sp³-hybridized carbons (Fsp3) is 0.381. The van der Waals surface area contributed by atoms with Crippen LogP contribution < -0.4 is 15.0 Å². The van der Waals surface area contributed by atoms with Crippen LogP contribution in [0, 0.1) is 6.92 Å². The third kappa shape index (κ3) is 4.50. The minimum absolute atomic E-state index is 0.144. The van der Waals surface area contributed by atoms with E-state index in [2.05, 4.69) is 22.3 Å². The molecule has 138 valence electrons. The number of benzene rings is 2. The SMILES string of the molecule is CCC(Oc1ccc(Cl)c(C)c1)C(=O)Nc1ccc(N2CCCC2)cc1. The predicted molar refractivity (Wildman–Crippen MR) is 107 cm³/mol. The van der Waals surface area contributed by atoms with Gasteiger partial charge in [0.05, 0.1) is 0 Å². The van der Waals surface area contributed by atoms with Gasteiger partial charge >= 0.3 is 0 Å². The van der Waals surface area contributed by atoms with Crippen molar-refractivity contribution in [3.63, 3.8) is 0 Å². The smallest absolute Gasteiger partial charge is 0.265 e. The van der Waals surface area contributed by atoms with Crippen LogP contribution in [0.1, 0.15) is 31.7 Å². The molecular formula is C21H25ClN2O2. The highest BCUT2D eigenvalue weighted by Crippen LogP contribution is 2.24. The standard InChI is InChI=1S/C21H25ClN2O2/c1-3-20(26-18-10-11-19(22)15(2)14-18)21(25)23-16-6-8-17(9-7-16)24-12-4-5-13-24/h6-11,14,20H,3-5,12-13H2,1-2H3,(H,23,25). The molecule has 1 amide bonds. The Labute approximate surface area is 160 Å². The predicted octanol–water partition coefficient (Wildman–Crippen LogP) is 5.04. The Bertz CT molecular complexity index is 755. The van der Waals surface area contributed by atoms with Gasteiger partial charge in [-0.3, -0.25) is 4.79 Å². The molecule has 1 aliphatic rings. The van der Waals surface area contributed by atoms with Gasteiger partial charge in [0.25, 0.3) is 5.91 Å².